The van der Waals surface area contributed by atoms with Crippen LogP contribution in [0.2, 0.25) is 0 Å². The standard InChI is InChI=1S/C56H32N4OS/c1-3-14-33(15-4-1)53-55-54(41-20-9-12-25-50(41)62-55)58-56(57-53)60-44-23-10-7-18-37(44)43-30-34(27-29-46(43)60)35-26-28-38-39-21-13-22-42-51-40-19-8-11-24-45(40)59(36-16-5-2-6-17-36)47(51)32-49(52(39)42)61-48(38)31-35/h1-32H. The van der Waals surface area contributed by atoms with Crippen LogP contribution in [-0.4, -0.2) is 19.1 Å². The molecule has 0 saturated heterocycles. The Bertz CT molecular complexity index is 4010. The Morgan fingerprint density at radius 1 is 0.403 bits per heavy atom. The molecule has 6 heteroatoms. The molecular weight excluding hydrogens is 777 g/mol. The fraction of sp³-hybridized carbons (Fsp3) is 0. The van der Waals surface area contributed by atoms with Gasteiger partial charge in [-0.1, -0.05) is 133 Å². The second kappa shape index (κ2) is 12.7. The van der Waals surface area contributed by atoms with Crippen molar-refractivity contribution in [3.8, 4) is 56.6 Å². The highest BCUT2D eigenvalue weighted by atomic mass is 32.1. The maximum Gasteiger partial charge on any atom is 0.235 e. The Balaban J connectivity index is 0.936. The first-order chi connectivity index (χ1) is 30.7. The van der Waals surface area contributed by atoms with Crippen LogP contribution in [-0.2, 0) is 0 Å². The summed E-state index contributed by atoms with van der Waals surface area (Å²) >= 11 is 1.76. The van der Waals surface area contributed by atoms with Crippen molar-refractivity contribution >= 4 is 86.0 Å². The van der Waals surface area contributed by atoms with E-state index in [0.717, 1.165) is 93.4 Å². The highest BCUT2D eigenvalue weighted by molar-refractivity contribution is 7.26. The third-order valence-corrected chi connectivity index (χ3v) is 13.9. The molecule has 0 aliphatic carbocycles. The Morgan fingerprint density at radius 3 is 1.94 bits per heavy atom. The van der Waals surface area contributed by atoms with Gasteiger partial charge in [-0.3, -0.25) is 4.57 Å². The van der Waals surface area contributed by atoms with Crippen LogP contribution in [0.1, 0.15) is 0 Å². The lowest BCUT2D eigenvalue weighted by molar-refractivity contribution is 0.488. The van der Waals surface area contributed by atoms with Gasteiger partial charge < -0.3 is 9.30 Å². The second-order valence-corrected chi connectivity index (χ2v) is 17.1. The van der Waals surface area contributed by atoms with Crippen molar-refractivity contribution < 1.29 is 4.74 Å². The van der Waals surface area contributed by atoms with Gasteiger partial charge in [-0.25, -0.2) is 9.97 Å². The molecule has 0 bridgehead atoms. The normalized spacial score (nSPS) is 12.3. The second-order valence-electron chi connectivity index (χ2n) is 16.1. The lowest BCUT2D eigenvalue weighted by Crippen LogP contribution is -2.02. The van der Waals surface area contributed by atoms with Gasteiger partial charge in [0, 0.05) is 59.9 Å². The largest absolute Gasteiger partial charge is 0.456 e. The number of fused-ring (bicyclic) bond motifs is 12. The van der Waals surface area contributed by atoms with Gasteiger partial charge in [-0.05, 0) is 76.7 Å². The Kier molecular flexibility index (Phi) is 6.92. The van der Waals surface area contributed by atoms with Crippen molar-refractivity contribution in [3.05, 3.63) is 194 Å². The minimum Gasteiger partial charge on any atom is -0.456 e. The van der Waals surface area contributed by atoms with E-state index in [1.807, 2.05) is 0 Å². The first-order valence-corrected chi connectivity index (χ1v) is 21.7. The molecule has 5 nitrogen and oxygen atoms in total. The van der Waals surface area contributed by atoms with Gasteiger partial charge in [0.05, 0.1) is 38.0 Å². The first-order valence-electron chi connectivity index (χ1n) is 20.9. The maximum absolute atomic E-state index is 7.00. The van der Waals surface area contributed by atoms with Gasteiger partial charge in [0.25, 0.3) is 0 Å². The summed E-state index contributed by atoms with van der Waals surface area (Å²) < 4.78 is 13.9. The molecule has 0 saturated carbocycles. The van der Waals surface area contributed by atoms with Crippen molar-refractivity contribution in [1.82, 2.24) is 19.1 Å². The molecular formula is C56H32N4OS. The Morgan fingerprint density at radius 2 is 1.08 bits per heavy atom. The van der Waals surface area contributed by atoms with Crippen LogP contribution in [0.15, 0.2) is 194 Å². The number of hydrogen-bond donors (Lipinski definition) is 0. The quantitative estimate of drug-likeness (QED) is 0.178. The summed E-state index contributed by atoms with van der Waals surface area (Å²) in [4.78, 5) is 10.7. The van der Waals surface area contributed by atoms with Gasteiger partial charge in [-0.15, -0.1) is 11.3 Å². The van der Waals surface area contributed by atoms with Crippen LogP contribution >= 0.6 is 11.3 Å². The van der Waals surface area contributed by atoms with Crippen molar-refractivity contribution in [2.24, 2.45) is 0 Å². The van der Waals surface area contributed by atoms with E-state index in [1.165, 1.54) is 31.9 Å². The lowest BCUT2D eigenvalue weighted by Gasteiger charge is -2.23. The van der Waals surface area contributed by atoms with Gasteiger partial charge in [0.2, 0.25) is 5.95 Å². The molecule has 0 N–H and O–H groups in total. The smallest absolute Gasteiger partial charge is 0.235 e. The predicted octanol–water partition coefficient (Wildman–Crippen LogP) is 15.3. The highest BCUT2D eigenvalue weighted by Crippen LogP contribution is 2.51. The average molecular weight is 809 g/mol. The van der Waals surface area contributed by atoms with E-state index >= 15 is 0 Å². The van der Waals surface area contributed by atoms with E-state index in [1.54, 1.807) is 11.3 Å². The molecule has 1 aliphatic heterocycles. The first kappa shape index (κ1) is 33.7. The summed E-state index contributed by atoms with van der Waals surface area (Å²) in [5.41, 5.74) is 13.0. The van der Waals surface area contributed by atoms with E-state index < -0.39 is 0 Å². The van der Waals surface area contributed by atoms with Crippen molar-refractivity contribution in [2.75, 3.05) is 0 Å². The number of benzene rings is 9. The van der Waals surface area contributed by atoms with Crippen LogP contribution in [0, 0.1) is 0 Å². The molecule has 0 unspecified atom stereocenters. The number of aromatic nitrogens is 4. The summed E-state index contributed by atoms with van der Waals surface area (Å²) in [6.45, 7) is 0. The molecule has 1 aliphatic rings. The van der Waals surface area contributed by atoms with Crippen molar-refractivity contribution in [3.63, 3.8) is 0 Å². The van der Waals surface area contributed by atoms with Crippen LogP contribution in [0.3, 0.4) is 0 Å². The number of para-hydroxylation sites is 3. The summed E-state index contributed by atoms with van der Waals surface area (Å²) in [5.74, 6) is 2.38. The number of rotatable bonds is 4. The van der Waals surface area contributed by atoms with Gasteiger partial charge in [-0.2, -0.15) is 0 Å². The predicted molar refractivity (Wildman–Crippen MR) is 257 cm³/mol. The van der Waals surface area contributed by atoms with E-state index in [9.17, 15) is 0 Å². The summed E-state index contributed by atoms with van der Waals surface area (Å²) in [5, 5.41) is 8.26. The van der Waals surface area contributed by atoms with Gasteiger partial charge >= 0.3 is 0 Å². The van der Waals surface area contributed by atoms with Crippen LogP contribution in [0.4, 0.5) is 0 Å². The van der Waals surface area contributed by atoms with Crippen LogP contribution in [0.25, 0.3) is 120 Å². The minimum atomic E-state index is 0.661. The molecule has 288 valence electrons. The van der Waals surface area contributed by atoms with E-state index in [4.69, 9.17) is 14.7 Å². The molecule has 9 aromatic carbocycles. The summed E-state index contributed by atoms with van der Waals surface area (Å²) in [7, 11) is 0. The molecule has 13 aromatic rings. The third kappa shape index (κ3) is 4.72. The Labute approximate surface area is 359 Å². The lowest BCUT2D eigenvalue weighted by atomic mass is 9.91. The van der Waals surface area contributed by atoms with Crippen LogP contribution in [0.5, 0.6) is 11.5 Å². The number of ether oxygens (including phenoxy) is 1. The molecule has 0 spiro atoms. The zero-order chi connectivity index (χ0) is 40.5. The molecule has 0 fully saturated rings. The molecule has 4 aromatic heterocycles. The monoisotopic (exact) mass is 808 g/mol. The van der Waals surface area contributed by atoms with E-state index in [-0.39, 0.29) is 0 Å². The molecule has 5 heterocycles. The average Bonchev–Trinajstić information content (AvgIpc) is 3.99. The van der Waals surface area contributed by atoms with E-state index in [0.29, 0.717) is 5.95 Å². The number of hydrogen-bond acceptors (Lipinski definition) is 4. The number of nitrogens with zero attached hydrogens (tertiary/aromatic N) is 4. The topological polar surface area (TPSA) is 44.9 Å². The zero-order valence-corrected chi connectivity index (χ0v) is 33.9. The SMILES string of the molecule is c1ccc(-c2nc(-n3c4ccccc4c4cc(-c5ccc6c(c5)Oc5cc7c(c8cccc-6c58)c5ccccc5n7-c5ccccc5)ccc43)nc3c2sc2ccccc23)cc1. The van der Waals surface area contributed by atoms with Crippen LogP contribution < -0.4 is 4.74 Å². The molecule has 0 amide bonds. The molecule has 14 rings (SSSR count). The Hall–Kier alpha value is -8.06. The third-order valence-electron chi connectivity index (χ3n) is 12.7. The van der Waals surface area contributed by atoms with Crippen molar-refractivity contribution in [1.29, 1.82) is 0 Å². The zero-order valence-electron chi connectivity index (χ0n) is 33.1. The molecule has 62 heavy (non-hydrogen) atoms. The fourth-order valence-electron chi connectivity index (χ4n) is 10.0. The summed E-state index contributed by atoms with van der Waals surface area (Å²) in [6.07, 6.45) is 0. The minimum absolute atomic E-state index is 0.661. The van der Waals surface area contributed by atoms with E-state index in [2.05, 4.69) is 203 Å². The number of thiophene rings is 1. The highest BCUT2D eigenvalue weighted by Gasteiger charge is 2.26. The van der Waals surface area contributed by atoms with Gasteiger partial charge in [0.1, 0.15) is 11.5 Å². The van der Waals surface area contributed by atoms with Crippen molar-refractivity contribution in [2.45, 2.75) is 0 Å². The fourth-order valence-corrected chi connectivity index (χ4v) is 11.2. The summed E-state index contributed by atoms with van der Waals surface area (Å²) in [6, 6.07) is 69.3. The molecule has 0 radical (unpaired) electrons. The molecule has 0 atom stereocenters. The van der Waals surface area contributed by atoms with Gasteiger partial charge in [0.15, 0.2) is 0 Å². The maximum atomic E-state index is 7.00.